The Hall–Kier alpha value is -1.33. The van der Waals surface area contributed by atoms with E-state index in [-0.39, 0.29) is 12.5 Å². The van der Waals surface area contributed by atoms with E-state index in [9.17, 15) is 4.79 Å². The molecule has 94 valence electrons. The molecule has 0 aliphatic heterocycles. The van der Waals surface area contributed by atoms with E-state index >= 15 is 0 Å². The highest BCUT2D eigenvalue weighted by atomic mass is 79.9. The second-order valence-corrected chi connectivity index (χ2v) is 5.64. The molecular formula is C13H13BrN2OS. The molecule has 0 spiro atoms. The molecule has 3 nitrogen and oxygen atoms in total. The van der Waals surface area contributed by atoms with Gasteiger partial charge in [-0.1, -0.05) is 18.2 Å². The highest BCUT2D eigenvalue weighted by Gasteiger charge is 2.02. The zero-order chi connectivity index (χ0) is 12.8. The molecule has 18 heavy (non-hydrogen) atoms. The van der Waals surface area contributed by atoms with Crippen LogP contribution in [0.4, 0.5) is 5.69 Å². The first-order valence-corrected chi connectivity index (χ1v) is 7.20. The summed E-state index contributed by atoms with van der Waals surface area (Å²) in [6, 6.07) is 11.7. The van der Waals surface area contributed by atoms with Gasteiger partial charge in [-0.2, -0.15) is 0 Å². The number of carbonyl (C=O) groups is 1. The van der Waals surface area contributed by atoms with Crippen LogP contribution in [0, 0.1) is 0 Å². The van der Waals surface area contributed by atoms with Gasteiger partial charge in [0, 0.05) is 20.4 Å². The van der Waals surface area contributed by atoms with Gasteiger partial charge in [0.2, 0.25) is 5.91 Å². The number of thiophene rings is 1. The van der Waals surface area contributed by atoms with Gasteiger partial charge in [-0.3, -0.25) is 4.79 Å². The molecule has 2 N–H and O–H groups in total. The minimum Gasteiger partial charge on any atom is -0.376 e. The summed E-state index contributed by atoms with van der Waals surface area (Å²) in [5.74, 6) is -0.0108. The van der Waals surface area contributed by atoms with Gasteiger partial charge in [0.1, 0.15) is 0 Å². The van der Waals surface area contributed by atoms with Crippen molar-refractivity contribution in [1.82, 2.24) is 5.32 Å². The lowest BCUT2D eigenvalue weighted by Gasteiger charge is -2.06. The lowest BCUT2D eigenvalue weighted by atomic mass is 10.3. The predicted octanol–water partition coefficient (Wildman–Crippen LogP) is 3.24. The highest BCUT2D eigenvalue weighted by Crippen LogP contribution is 2.19. The monoisotopic (exact) mass is 324 g/mol. The zero-order valence-corrected chi connectivity index (χ0v) is 12.1. The van der Waals surface area contributed by atoms with Crippen molar-refractivity contribution in [3.8, 4) is 0 Å². The molecule has 0 atom stereocenters. The summed E-state index contributed by atoms with van der Waals surface area (Å²) < 4.78 is 1.05. The largest absolute Gasteiger partial charge is 0.376 e. The van der Waals surface area contributed by atoms with Crippen LogP contribution in [0.3, 0.4) is 0 Å². The lowest BCUT2D eigenvalue weighted by molar-refractivity contribution is -0.119. The van der Waals surface area contributed by atoms with E-state index in [0.717, 1.165) is 15.0 Å². The minimum absolute atomic E-state index is 0.0108. The van der Waals surface area contributed by atoms with Crippen LogP contribution in [0.2, 0.25) is 0 Å². The molecule has 0 radical (unpaired) electrons. The summed E-state index contributed by atoms with van der Waals surface area (Å²) in [4.78, 5) is 12.7. The quantitative estimate of drug-likeness (QED) is 0.886. The van der Waals surface area contributed by atoms with E-state index in [0.29, 0.717) is 6.54 Å². The van der Waals surface area contributed by atoms with Crippen molar-refractivity contribution >= 4 is 38.9 Å². The minimum atomic E-state index is -0.0108. The van der Waals surface area contributed by atoms with Crippen LogP contribution in [0.1, 0.15) is 4.88 Å². The van der Waals surface area contributed by atoms with Crippen LogP contribution in [-0.2, 0) is 11.3 Å². The summed E-state index contributed by atoms with van der Waals surface area (Å²) in [7, 11) is 0. The Morgan fingerprint density at radius 3 is 2.72 bits per heavy atom. The van der Waals surface area contributed by atoms with Gasteiger partial charge in [0.25, 0.3) is 0 Å². The molecule has 0 aliphatic rings. The van der Waals surface area contributed by atoms with E-state index in [2.05, 4.69) is 26.6 Å². The summed E-state index contributed by atoms with van der Waals surface area (Å²) in [5.41, 5.74) is 0.950. The Morgan fingerprint density at radius 2 is 2.06 bits per heavy atom. The fraction of sp³-hybridized carbons (Fsp3) is 0.154. The van der Waals surface area contributed by atoms with Crippen LogP contribution < -0.4 is 10.6 Å². The van der Waals surface area contributed by atoms with Gasteiger partial charge in [0.15, 0.2) is 0 Å². The number of benzene rings is 1. The second kappa shape index (κ2) is 6.56. The van der Waals surface area contributed by atoms with E-state index < -0.39 is 0 Å². The molecule has 5 heteroatoms. The molecule has 0 bridgehead atoms. The molecule has 1 heterocycles. The van der Waals surface area contributed by atoms with E-state index in [4.69, 9.17) is 0 Å². The standard InChI is InChI=1S/C13H13BrN2OS/c14-10-6-12(18-9-10)7-16-13(17)8-15-11-4-2-1-3-5-11/h1-6,9,15H,7-8H2,(H,16,17). The van der Waals surface area contributed by atoms with Crippen LogP contribution in [0.25, 0.3) is 0 Å². The Morgan fingerprint density at radius 1 is 1.28 bits per heavy atom. The molecule has 1 amide bonds. The molecule has 2 aromatic rings. The van der Waals surface area contributed by atoms with Gasteiger partial charge in [0.05, 0.1) is 13.1 Å². The third-order valence-electron chi connectivity index (χ3n) is 2.31. The van der Waals surface area contributed by atoms with Crippen molar-refractivity contribution in [1.29, 1.82) is 0 Å². The smallest absolute Gasteiger partial charge is 0.239 e. The van der Waals surface area contributed by atoms with Gasteiger partial charge < -0.3 is 10.6 Å². The van der Waals surface area contributed by atoms with Gasteiger partial charge >= 0.3 is 0 Å². The maximum absolute atomic E-state index is 11.6. The topological polar surface area (TPSA) is 41.1 Å². The SMILES string of the molecule is O=C(CNc1ccccc1)NCc1cc(Br)cs1. The van der Waals surface area contributed by atoms with E-state index in [1.165, 1.54) is 0 Å². The number of nitrogens with one attached hydrogen (secondary N) is 2. The summed E-state index contributed by atoms with van der Waals surface area (Å²) >= 11 is 5.01. The molecule has 0 saturated carbocycles. The van der Waals surface area contributed by atoms with Crippen molar-refractivity contribution < 1.29 is 4.79 Å². The van der Waals surface area contributed by atoms with Crippen LogP contribution in [0.15, 0.2) is 46.3 Å². The Balaban J connectivity index is 1.73. The summed E-state index contributed by atoms with van der Waals surface area (Å²) in [6.07, 6.45) is 0. The number of halogens is 1. The molecule has 0 unspecified atom stereocenters. The zero-order valence-electron chi connectivity index (χ0n) is 9.65. The van der Waals surface area contributed by atoms with Gasteiger partial charge in [-0.05, 0) is 34.1 Å². The Bertz CT molecular complexity index is 513. The van der Waals surface area contributed by atoms with Crippen molar-refractivity contribution in [2.24, 2.45) is 0 Å². The lowest BCUT2D eigenvalue weighted by Crippen LogP contribution is -2.29. The van der Waals surface area contributed by atoms with Crippen molar-refractivity contribution in [3.63, 3.8) is 0 Å². The molecule has 2 rings (SSSR count). The summed E-state index contributed by atoms with van der Waals surface area (Å²) in [6.45, 7) is 0.863. The number of carbonyl (C=O) groups excluding carboxylic acids is 1. The molecule has 0 aliphatic carbocycles. The third kappa shape index (κ3) is 4.16. The predicted molar refractivity (Wildman–Crippen MR) is 78.8 cm³/mol. The maximum Gasteiger partial charge on any atom is 0.239 e. The fourth-order valence-electron chi connectivity index (χ4n) is 1.43. The number of hydrogen-bond donors (Lipinski definition) is 2. The van der Waals surface area contributed by atoms with Crippen LogP contribution in [0.5, 0.6) is 0 Å². The van der Waals surface area contributed by atoms with Gasteiger partial charge in [-0.15, -0.1) is 11.3 Å². The van der Waals surface area contributed by atoms with Crippen molar-refractivity contribution in [3.05, 3.63) is 51.1 Å². The number of rotatable bonds is 5. The maximum atomic E-state index is 11.6. The van der Waals surface area contributed by atoms with Crippen molar-refractivity contribution in [2.45, 2.75) is 6.54 Å². The Kier molecular flexibility index (Phi) is 4.78. The molecular weight excluding hydrogens is 312 g/mol. The first kappa shape index (κ1) is 13.1. The first-order chi connectivity index (χ1) is 8.74. The van der Waals surface area contributed by atoms with Crippen LogP contribution in [-0.4, -0.2) is 12.5 Å². The molecule has 0 saturated heterocycles. The third-order valence-corrected chi connectivity index (χ3v) is 4.01. The van der Waals surface area contributed by atoms with E-state index in [1.54, 1.807) is 11.3 Å². The van der Waals surface area contributed by atoms with Crippen molar-refractivity contribution in [2.75, 3.05) is 11.9 Å². The second-order valence-electron chi connectivity index (χ2n) is 3.73. The highest BCUT2D eigenvalue weighted by molar-refractivity contribution is 9.10. The van der Waals surface area contributed by atoms with Crippen LogP contribution >= 0.6 is 27.3 Å². The molecule has 0 fully saturated rings. The Labute approximate surface area is 118 Å². The summed E-state index contributed by atoms with van der Waals surface area (Å²) in [5, 5.41) is 7.94. The average Bonchev–Trinajstić information content (AvgIpc) is 2.81. The first-order valence-electron chi connectivity index (χ1n) is 5.52. The fourth-order valence-corrected chi connectivity index (χ4v) is 2.82. The van der Waals surface area contributed by atoms with Gasteiger partial charge in [-0.25, -0.2) is 0 Å². The normalized spacial score (nSPS) is 10.1. The van der Waals surface area contributed by atoms with E-state index in [1.807, 2.05) is 41.8 Å². The number of hydrogen-bond acceptors (Lipinski definition) is 3. The number of anilines is 1. The average molecular weight is 325 g/mol. The number of para-hydroxylation sites is 1. The molecule has 1 aromatic heterocycles. The number of amides is 1. The molecule has 1 aromatic carbocycles.